The first-order valence-electron chi connectivity index (χ1n) is 1.97. The summed E-state index contributed by atoms with van der Waals surface area (Å²) in [6, 6.07) is 0. The molecule has 0 aliphatic carbocycles. The van der Waals surface area contributed by atoms with Crippen LogP contribution in [0.3, 0.4) is 0 Å². The SMILES string of the molecule is NCCC[C]=S. The van der Waals surface area contributed by atoms with E-state index in [1.165, 1.54) is 0 Å². The number of unbranched alkanes of at least 4 members (excludes halogenated alkanes) is 1. The minimum absolute atomic E-state index is 0.726. The third-order valence-electron chi connectivity index (χ3n) is 0.483. The molecule has 0 fully saturated rings. The lowest BCUT2D eigenvalue weighted by molar-refractivity contribution is 0.890. The Labute approximate surface area is 43.5 Å². The van der Waals surface area contributed by atoms with Crippen LogP contribution in [0.25, 0.3) is 0 Å². The first kappa shape index (κ1) is 6.05. The average Bonchev–Trinajstić information content (AvgIpc) is 1.61. The molecule has 0 spiro atoms. The van der Waals surface area contributed by atoms with Crippen molar-refractivity contribution in [2.45, 2.75) is 12.8 Å². The molecule has 35 valence electrons. The predicted octanol–water partition coefficient (Wildman–Crippen LogP) is 0.602. The summed E-state index contributed by atoms with van der Waals surface area (Å²) in [7, 11) is 0. The molecule has 0 amide bonds. The van der Waals surface area contributed by atoms with Crippen LogP contribution in [0.4, 0.5) is 0 Å². The van der Waals surface area contributed by atoms with Crippen molar-refractivity contribution >= 4 is 17.6 Å². The summed E-state index contributed by atoms with van der Waals surface area (Å²) >= 11 is 4.41. The van der Waals surface area contributed by atoms with Crippen LogP contribution in [-0.4, -0.2) is 11.9 Å². The third-order valence-corrected chi connectivity index (χ3v) is 0.687. The summed E-state index contributed by atoms with van der Waals surface area (Å²) in [5, 5.41) is 2.57. The van der Waals surface area contributed by atoms with Crippen LogP contribution in [0.2, 0.25) is 0 Å². The monoisotopic (exact) mass is 102 g/mol. The van der Waals surface area contributed by atoms with Crippen molar-refractivity contribution in [3.05, 3.63) is 0 Å². The van der Waals surface area contributed by atoms with Gasteiger partial charge >= 0.3 is 0 Å². The van der Waals surface area contributed by atoms with E-state index < -0.39 is 0 Å². The smallest absolute Gasteiger partial charge is 0.0292 e. The van der Waals surface area contributed by atoms with E-state index in [9.17, 15) is 0 Å². The maximum absolute atomic E-state index is 5.13. The lowest BCUT2D eigenvalue weighted by Crippen LogP contribution is -1.97. The Bertz CT molecular complexity index is 36.5. The second kappa shape index (κ2) is 5.05. The molecule has 0 aromatic rings. The van der Waals surface area contributed by atoms with Crippen LogP contribution in [-0.2, 0) is 0 Å². The maximum Gasteiger partial charge on any atom is 0.0292 e. The number of rotatable bonds is 3. The molecule has 0 unspecified atom stereocenters. The molecule has 0 aromatic heterocycles. The minimum atomic E-state index is 0.726. The van der Waals surface area contributed by atoms with Crippen LogP contribution in [0.1, 0.15) is 12.8 Å². The van der Waals surface area contributed by atoms with Gasteiger partial charge in [-0.15, -0.1) is 0 Å². The first-order valence-corrected chi connectivity index (χ1v) is 2.37. The number of hydrogen-bond donors (Lipinski definition) is 1. The highest BCUT2D eigenvalue weighted by Crippen LogP contribution is 1.77. The Kier molecular flexibility index (Phi) is 5.09. The molecule has 0 bridgehead atoms. The van der Waals surface area contributed by atoms with Crippen molar-refractivity contribution in [1.29, 1.82) is 0 Å². The number of hydrogen-bond acceptors (Lipinski definition) is 2. The molecule has 0 aromatic carbocycles. The average molecular weight is 102 g/mol. The molecule has 0 aliphatic heterocycles. The van der Waals surface area contributed by atoms with E-state index in [4.69, 9.17) is 5.73 Å². The highest BCUT2D eigenvalue weighted by molar-refractivity contribution is 7.78. The van der Waals surface area contributed by atoms with Gasteiger partial charge < -0.3 is 5.73 Å². The molecule has 2 N–H and O–H groups in total. The molecule has 0 heterocycles. The Morgan fingerprint density at radius 2 is 2.33 bits per heavy atom. The van der Waals surface area contributed by atoms with Gasteiger partial charge in [-0.2, -0.15) is 0 Å². The number of nitrogens with two attached hydrogens (primary N) is 1. The molecule has 1 radical (unpaired) electrons. The Morgan fingerprint density at radius 1 is 1.67 bits per heavy atom. The normalized spacial score (nSPS) is 8.17. The van der Waals surface area contributed by atoms with Crippen LogP contribution >= 0.6 is 12.2 Å². The fraction of sp³-hybridized carbons (Fsp3) is 0.750. The van der Waals surface area contributed by atoms with E-state index in [1.807, 2.05) is 0 Å². The molecule has 6 heavy (non-hydrogen) atoms. The van der Waals surface area contributed by atoms with Crippen molar-refractivity contribution in [2.75, 3.05) is 6.54 Å². The van der Waals surface area contributed by atoms with Gasteiger partial charge in [0.25, 0.3) is 0 Å². The summed E-state index contributed by atoms with van der Waals surface area (Å²) in [6.45, 7) is 0.726. The third kappa shape index (κ3) is 4.05. The van der Waals surface area contributed by atoms with Gasteiger partial charge in [0, 0.05) is 5.37 Å². The van der Waals surface area contributed by atoms with Crippen molar-refractivity contribution in [1.82, 2.24) is 0 Å². The van der Waals surface area contributed by atoms with Gasteiger partial charge in [-0.05, 0) is 19.4 Å². The molecule has 0 saturated carbocycles. The van der Waals surface area contributed by atoms with Crippen LogP contribution in [0.5, 0.6) is 0 Å². The summed E-state index contributed by atoms with van der Waals surface area (Å²) in [5.74, 6) is 0. The maximum atomic E-state index is 5.13. The summed E-state index contributed by atoms with van der Waals surface area (Å²) in [6.07, 6.45) is 1.83. The van der Waals surface area contributed by atoms with Crippen LogP contribution in [0, 0.1) is 0 Å². The topological polar surface area (TPSA) is 26.0 Å². The van der Waals surface area contributed by atoms with Crippen molar-refractivity contribution in [2.24, 2.45) is 5.73 Å². The molecule has 0 aliphatic rings. The van der Waals surface area contributed by atoms with E-state index in [0.29, 0.717) is 0 Å². The second-order valence-corrected chi connectivity index (χ2v) is 1.33. The number of thiocarbonyl (C=S) groups is 1. The van der Waals surface area contributed by atoms with Crippen LogP contribution in [0.15, 0.2) is 0 Å². The van der Waals surface area contributed by atoms with Gasteiger partial charge in [-0.3, -0.25) is 0 Å². The summed E-state index contributed by atoms with van der Waals surface area (Å²) in [4.78, 5) is 0. The minimum Gasteiger partial charge on any atom is -0.330 e. The van der Waals surface area contributed by atoms with Crippen molar-refractivity contribution in [3.8, 4) is 0 Å². The highest BCUT2D eigenvalue weighted by Gasteiger charge is 1.73. The van der Waals surface area contributed by atoms with E-state index in [1.54, 1.807) is 0 Å². The Hall–Kier alpha value is 0.0500. The Morgan fingerprint density at radius 3 is 2.50 bits per heavy atom. The van der Waals surface area contributed by atoms with E-state index in [-0.39, 0.29) is 0 Å². The van der Waals surface area contributed by atoms with Gasteiger partial charge in [0.2, 0.25) is 0 Å². The van der Waals surface area contributed by atoms with Gasteiger partial charge in [0.05, 0.1) is 0 Å². The molecule has 0 atom stereocenters. The molecule has 0 saturated heterocycles. The standard InChI is InChI=1S/C4H8NS/c5-3-1-2-4-6/h1-3,5H2. The Balaban J connectivity index is 2.49. The molecular weight excluding hydrogens is 94.1 g/mol. The quantitative estimate of drug-likeness (QED) is 0.417. The van der Waals surface area contributed by atoms with Crippen LogP contribution < -0.4 is 5.73 Å². The second-order valence-electron chi connectivity index (χ2n) is 1.04. The molecular formula is C4H8NS. The van der Waals surface area contributed by atoms with Gasteiger partial charge in [0.15, 0.2) is 0 Å². The largest absolute Gasteiger partial charge is 0.330 e. The fourth-order valence-electron chi connectivity index (χ4n) is 0.174. The zero-order valence-electron chi connectivity index (χ0n) is 3.61. The highest BCUT2D eigenvalue weighted by atomic mass is 32.1. The van der Waals surface area contributed by atoms with E-state index >= 15 is 0 Å². The van der Waals surface area contributed by atoms with Gasteiger partial charge in [-0.25, -0.2) is 0 Å². The lowest BCUT2D eigenvalue weighted by atomic mass is 10.3. The lowest BCUT2D eigenvalue weighted by Gasteiger charge is -1.80. The summed E-state index contributed by atoms with van der Waals surface area (Å²) < 4.78 is 0. The fourth-order valence-corrected chi connectivity index (χ4v) is 0.319. The van der Waals surface area contributed by atoms with E-state index in [0.717, 1.165) is 19.4 Å². The summed E-state index contributed by atoms with van der Waals surface area (Å²) in [5.41, 5.74) is 5.13. The van der Waals surface area contributed by atoms with Gasteiger partial charge in [-0.1, -0.05) is 12.2 Å². The van der Waals surface area contributed by atoms with E-state index in [2.05, 4.69) is 17.6 Å². The predicted molar refractivity (Wildman–Crippen MR) is 30.9 cm³/mol. The zero-order valence-corrected chi connectivity index (χ0v) is 4.42. The van der Waals surface area contributed by atoms with Gasteiger partial charge in [0.1, 0.15) is 0 Å². The molecule has 1 nitrogen and oxygen atoms in total. The van der Waals surface area contributed by atoms with Crippen molar-refractivity contribution in [3.63, 3.8) is 0 Å². The van der Waals surface area contributed by atoms with Crippen molar-refractivity contribution < 1.29 is 0 Å². The molecule has 2 heteroatoms. The zero-order chi connectivity index (χ0) is 4.83. The molecule has 0 rings (SSSR count). The first-order chi connectivity index (χ1) is 2.91.